The minimum absolute atomic E-state index is 0.343. The quantitative estimate of drug-likeness (QED) is 0.930. The van der Waals surface area contributed by atoms with Crippen molar-refractivity contribution in [1.82, 2.24) is 4.90 Å². The van der Waals surface area contributed by atoms with E-state index < -0.39 is 0 Å². The molecular formula is C18H24N2S. The molecule has 0 radical (unpaired) electrons. The average Bonchev–Trinajstić information content (AvgIpc) is 2.99. The Morgan fingerprint density at radius 2 is 2.10 bits per heavy atom. The first kappa shape index (κ1) is 14.8. The number of benzene rings is 1. The smallest absolute Gasteiger partial charge is 0.0470 e. The van der Waals surface area contributed by atoms with E-state index in [-0.39, 0.29) is 0 Å². The van der Waals surface area contributed by atoms with Crippen LogP contribution in [0.1, 0.15) is 53.3 Å². The standard InChI is InChI=1S/C18H24N2S/c1-12(2)13-6-7-14-15(9-13)17(10-19)20(3)11-16(14)18-5-4-8-21-18/h4-9,12,16-17H,10-11,19H2,1-3H3. The van der Waals surface area contributed by atoms with Gasteiger partial charge in [0.05, 0.1) is 0 Å². The van der Waals surface area contributed by atoms with Crippen molar-refractivity contribution in [3.8, 4) is 0 Å². The van der Waals surface area contributed by atoms with Gasteiger partial charge in [0.25, 0.3) is 0 Å². The van der Waals surface area contributed by atoms with E-state index in [1.54, 1.807) is 0 Å². The van der Waals surface area contributed by atoms with Gasteiger partial charge in [-0.15, -0.1) is 11.3 Å². The lowest BCUT2D eigenvalue weighted by molar-refractivity contribution is 0.224. The van der Waals surface area contributed by atoms with Crippen molar-refractivity contribution in [3.05, 3.63) is 57.3 Å². The third-order valence-electron chi connectivity index (χ3n) is 4.62. The van der Waals surface area contributed by atoms with Crippen molar-refractivity contribution in [1.29, 1.82) is 0 Å². The fourth-order valence-electron chi connectivity index (χ4n) is 3.35. The summed E-state index contributed by atoms with van der Waals surface area (Å²) >= 11 is 1.86. The molecule has 1 aromatic carbocycles. The number of nitrogens with two attached hydrogens (primary N) is 1. The van der Waals surface area contributed by atoms with Crippen LogP contribution in [0.3, 0.4) is 0 Å². The molecule has 0 spiro atoms. The molecule has 0 amide bonds. The Bertz CT molecular complexity index is 604. The molecule has 0 saturated carbocycles. The third kappa shape index (κ3) is 2.66. The summed E-state index contributed by atoms with van der Waals surface area (Å²) in [5, 5.41) is 2.17. The molecule has 1 aliphatic heterocycles. The van der Waals surface area contributed by atoms with Crippen molar-refractivity contribution >= 4 is 11.3 Å². The van der Waals surface area contributed by atoms with E-state index in [9.17, 15) is 0 Å². The molecule has 3 heteroatoms. The predicted octanol–water partition coefficient (Wildman–Crippen LogP) is 3.95. The Kier molecular flexibility index (Phi) is 4.16. The van der Waals surface area contributed by atoms with E-state index in [0.29, 0.717) is 24.4 Å². The van der Waals surface area contributed by atoms with E-state index in [1.165, 1.54) is 21.6 Å². The highest BCUT2D eigenvalue weighted by atomic mass is 32.1. The number of likely N-dealkylation sites (N-methyl/N-ethyl adjacent to an activating group) is 1. The molecule has 2 atom stereocenters. The Balaban J connectivity index is 2.11. The average molecular weight is 300 g/mol. The summed E-state index contributed by atoms with van der Waals surface area (Å²) in [6, 6.07) is 11.8. The lowest BCUT2D eigenvalue weighted by atomic mass is 9.82. The normalized spacial score (nSPS) is 22.5. The predicted molar refractivity (Wildman–Crippen MR) is 91.1 cm³/mol. The monoisotopic (exact) mass is 300 g/mol. The van der Waals surface area contributed by atoms with Crippen LogP contribution in [-0.2, 0) is 0 Å². The molecule has 2 aromatic rings. The molecule has 2 heterocycles. The van der Waals surface area contributed by atoms with Crippen LogP contribution in [0.15, 0.2) is 35.7 Å². The van der Waals surface area contributed by atoms with Gasteiger partial charge in [0.1, 0.15) is 0 Å². The Morgan fingerprint density at radius 3 is 2.71 bits per heavy atom. The first-order chi connectivity index (χ1) is 10.1. The summed E-state index contributed by atoms with van der Waals surface area (Å²) in [6.07, 6.45) is 0. The minimum Gasteiger partial charge on any atom is -0.329 e. The molecule has 1 aliphatic rings. The maximum Gasteiger partial charge on any atom is 0.0470 e. The fourth-order valence-corrected chi connectivity index (χ4v) is 4.19. The Hall–Kier alpha value is -1.16. The summed E-state index contributed by atoms with van der Waals surface area (Å²) in [7, 11) is 2.20. The van der Waals surface area contributed by atoms with Crippen molar-refractivity contribution in [2.75, 3.05) is 20.1 Å². The topological polar surface area (TPSA) is 29.3 Å². The van der Waals surface area contributed by atoms with Gasteiger partial charge in [-0.3, -0.25) is 4.90 Å². The highest BCUT2D eigenvalue weighted by molar-refractivity contribution is 7.10. The number of thiophene rings is 1. The zero-order valence-corrected chi connectivity index (χ0v) is 13.9. The molecule has 0 bridgehead atoms. The molecule has 112 valence electrons. The highest BCUT2D eigenvalue weighted by Crippen LogP contribution is 2.40. The zero-order valence-electron chi connectivity index (χ0n) is 13.0. The van der Waals surface area contributed by atoms with Gasteiger partial charge in [-0.1, -0.05) is 38.1 Å². The van der Waals surface area contributed by atoms with Crippen LogP contribution in [0.5, 0.6) is 0 Å². The van der Waals surface area contributed by atoms with Gasteiger partial charge in [-0.2, -0.15) is 0 Å². The highest BCUT2D eigenvalue weighted by Gasteiger charge is 2.31. The number of hydrogen-bond acceptors (Lipinski definition) is 3. The molecule has 21 heavy (non-hydrogen) atoms. The Labute approximate surface area is 131 Å². The third-order valence-corrected chi connectivity index (χ3v) is 5.61. The van der Waals surface area contributed by atoms with Crippen LogP contribution < -0.4 is 5.73 Å². The first-order valence-corrected chi connectivity index (χ1v) is 8.57. The fraction of sp³-hybridized carbons (Fsp3) is 0.444. The molecule has 2 nitrogen and oxygen atoms in total. The lowest BCUT2D eigenvalue weighted by Gasteiger charge is -2.39. The molecule has 0 saturated heterocycles. The summed E-state index contributed by atoms with van der Waals surface area (Å²) in [5.41, 5.74) is 10.4. The Morgan fingerprint density at radius 1 is 1.29 bits per heavy atom. The number of nitrogens with zero attached hydrogens (tertiary/aromatic N) is 1. The van der Waals surface area contributed by atoms with Gasteiger partial charge in [-0.25, -0.2) is 0 Å². The molecule has 0 fully saturated rings. The van der Waals surface area contributed by atoms with Gasteiger partial charge in [0.2, 0.25) is 0 Å². The molecular weight excluding hydrogens is 276 g/mol. The van der Waals surface area contributed by atoms with Crippen LogP contribution in [0, 0.1) is 0 Å². The summed E-state index contributed by atoms with van der Waals surface area (Å²) < 4.78 is 0. The second-order valence-corrected chi connectivity index (χ2v) is 7.28. The van der Waals surface area contributed by atoms with Crippen LogP contribution in [0.2, 0.25) is 0 Å². The maximum atomic E-state index is 6.06. The van der Waals surface area contributed by atoms with E-state index in [4.69, 9.17) is 5.73 Å². The van der Waals surface area contributed by atoms with Crippen LogP contribution in [0.25, 0.3) is 0 Å². The van der Waals surface area contributed by atoms with Gasteiger partial charge in [-0.05, 0) is 41.1 Å². The maximum absolute atomic E-state index is 6.06. The van der Waals surface area contributed by atoms with Crippen LogP contribution in [0.4, 0.5) is 0 Å². The molecule has 3 rings (SSSR count). The second kappa shape index (κ2) is 5.91. The number of rotatable bonds is 3. The summed E-state index contributed by atoms with van der Waals surface area (Å²) in [5.74, 6) is 1.04. The molecule has 0 aliphatic carbocycles. The number of fused-ring (bicyclic) bond motifs is 1. The van der Waals surface area contributed by atoms with E-state index in [0.717, 1.165) is 6.54 Å². The van der Waals surface area contributed by atoms with Crippen molar-refractivity contribution < 1.29 is 0 Å². The van der Waals surface area contributed by atoms with Gasteiger partial charge in [0.15, 0.2) is 0 Å². The van der Waals surface area contributed by atoms with E-state index in [2.05, 4.69) is 61.5 Å². The molecule has 2 N–H and O–H groups in total. The van der Waals surface area contributed by atoms with Crippen molar-refractivity contribution in [2.45, 2.75) is 31.7 Å². The van der Waals surface area contributed by atoms with Gasteiger partial charge < -0.3 is 5.73 Å². The van der Waals surface area contributed by atoms with Gasteiger partial charge >= 0.3 is 0 Å². The lowest BCUT2D eigenvalue weighted by Crippen LogP contribution is -2.38. The van der Waals surface area contributed by atoms with Crippen molar-refractivity contribution in [3.63, 3.8) is 0 Å². The van der Waals surface area contributed by atoms with Crippen LogP contribution >= 0.6 is 11.3 Å². The first-order valence-electron chi connectivity index (χ1n) is 7.69. The van der Waals surface area contributed by atoms with Crippen LogP contribution in [-0.4, -0.2) is 25.0 Å². The molecule has 2 unspecified atom stereocenters. The largest absolute Gasteiger partial charge is 0.329 e. The molecule has 1 aromatic heterocycles. The van der Waals surface area contributed by atoms with E-state index >= 15 is 0 Å². The summed E-state index contributed by atoms with van der Waals surface area (Å²) in [4.78, 5) is 3.87. The summed E-state index contributed by atoms with van der Waals surface area (Å²) in [6.45, 7) is 6.24. The SMILES string of the molecule is CC(C)c1ccc2c(c1)C(CN)N(C)CC2c1cccs1. The van der Waals surface area contributed by atoms with E-state index in [1.807, 2.05) is 11.3 Å². The van der Waals surface area contributed by atoms with Gasteiger partial charge in [0, 0.05) is 29.9 Å². The second-order valence-electron chi connectivity index (χ2n) is 6.30. The van der Waals surface area contributed by atoms with Crippen molar-refractivity contribution in [2.24, 2.45) is 5.73 Å². The minimum atomic E-state index is 0.343. The number of hydrogen-bond donors (Lipinski definition) is 1. The zero-order chi connectivity index (χ0) is 15.0.